The minimum Gasteiger partial charge on any atom is -0.473 e. The number of anilines is 1. The standard InChI is InChI=1S/C29H31N5OS.C9H9N3O.C3H6O/c1-19-10-11-26-25(16-19)31-27(33(26)3)17-34-14-12-21(13-15-34)23-7-5-9-28(32-23)35-18-22-6-4-8-24-29(22)36-20(2)30-24;1-6-8-4-7(10-5-13)2-3-9(8)12-11-6;1-2-4-3-1/h4-11,16,21H,12-15,17-18H2,1-3H3;2-5H,1H3,(H,10,13)(H,11,12);1-3H2. The van der Waals surface area contributed by atoms with E-state index in [0.29, 0.717) is 24.8 Å². The lowest BCUT2D eigenvalue weighted by molar-refractivity contribution is -0.105. The Bertz CT molecular complexity index is 2310. The Balaban J connectivity index is 0.000000210. The number of aromatic nitrogens is 6. The fourth-order valence-electron chi connectivity index (χ4n) is 6.65. The molecule has 11 nitrogen and oxygen atoms in total. The zero-order chi connectivity index (χ0) is 36.7. The minimum atomic E-state index is 0.459. The molecule has 2 aliphatic rings. The van der Waals surface area contributed by atoms with Crippen LogP contribution in [-0.4, -0.2) is 67.3 Å². The molecule has 6 heterocycles. The average molecular weight is 731 g/mol. The number of pyridine rings is 1. The average Bonchev–Trinajstić information content (AvgIpc) is 3.80. The maximum atomic E-state index is 10.2. The number of nitrogens with zero attached hydrogens (tertiary/aromatic N) is 6. The summed E-state index contributed by atoms with van der Waals surface area (Å²) < 4.78 is 14.3. The van der Waals surface area contributed by atoms with Crippen LogP contribution in [0.2, 0.25) is 0 Å². The summed E-state index contributed by atoms with van der Waals surface area (Å²) in [7, 11) is 2.12. The number of piperidine rings is 1. The first-order valence-corrected chi connectivity index (χ1v) is 19.0. The maximum absolute atomic E-state index is 10.2. The summed E-state index contributed by atoms with van der Waals surface area (Å²) in [6, 6.07) is 24.5. The number of hydrogen-bond acceptors (Lipinski definition) is 9. The third-order valence-electron chi connectivity index (χ3n) is 9.77. The van der Waals surface area contributed by atoms with Gasteiger partial charge in [-0.05, 0) is 101 Å². The van der Waals surface area contributed by atoms with Crippen LogP contribution in [-0.2, 0) is 29.7 Å². The van der Waals surface area contributed by atoms with Crippen molar-refractivity contribution < 1.29 is 14.3 Å². The molecule has 2 N–H and O–H groups in total. The van der Waals surface area contributed by atoms with Gasteiger partial charge in [0, 0.05) is 60.3 Å². The molecule has 274 valence electrons. The molecule has 2 fully saturated rings. The lowest BCUT2D eigenvalue weighted by Crippen LogP contribution is -2.33. The van der Waals surface area contributed by atoms with Gasteiger partial charge in [-0.25, -0.2) is 15.0 Å². The number of aromatic amines is 1. The number of imidazole rings is 1. The molecule has 2 aliphatic heterocycles. The number of aryl methyl sites for hydroxylation is 4. The number of likely N-dealkylation sites (tertiary alicyclic amines) is 1. The second-order valence-electron chi connectivity index (χ2n) is 13.6. The van der Waals surface area contributed by atoms with Gasteiger partial charge < -0.3 is 19.4 Å². The molecule has 1 amide bonds. The first kappa shape index (κ1) is 36.2. The topological polar surface area (TPSA) is 123 Å². The van der Waals surface area contributed by atoms with Gasteiger partial charge in [0.2, 0.25) is 12.3 Å². The van der Waals surface area contributed by atoms with Crippen molar-refractivity contribution in [3.8, 4) is 5.88 Å². The summed E-state index contributed by atoms with van der Waals surface area (Å²) in [6.45, 7) is 11.6. The van der Waals surface area contributed by atoms with E-state index in [2.05, 4.69) is 86.4 Å². The van der Waals surface area contributed by atoms with Crippen LogP contribution in [0.3, 0.4) is 0 Å². The Kier molecular flexibility index (Phi) is 11.4. The van der Waals surface area contributed by atoms with E-state index in [1.54, 1.807) is 11.3 Å². The van der Waals surface area contributed by atoms with E-state index in [4.69, 9.17) is 19.4 Å². The lowest BCUT2D eigenvalue weighted by Gasteiger charge is -2.31. The number of amides is 1. The number of carbonyl (C=O) groups excluding carboxylic acids is 1. The van der Waals surface area contributed by atoms with Crippen molar-refractivity contribution in [2.75, 3.05) is 31.6 Å². The van der Waals surface area contributed by atoms with Gasteiger partial charge in [0.1, 0.15) is 12.4 Å². The predicted molar refractivity (Wildman–Crippen MR) is 212 cm³/mol. The van der Waals surface area contributed by atoms with Crippen molar-refractivity contribution in [1.82, 2.24) is 34.6 Å². The first-order valence-electron chi connectivity index (χ1n) is 18.2. The van der Waals surface area contributed by atoms with Gasteiger partial charge in [0.05, 0.1) is 38.3 Å². The predicted octanol–water partition coefficient (Wildman–Crippen LogP) is 8.00. The molecule has 0 saturated carbocycles. The summed E-state index contributed by atoms with van der Waals surface area (Å²) in [5, 5.41) is 11.7. The SMILES string of the molecule is C1COC1.Cc1[nH]nc2ccc(NC=O)cc12.Cc1ccc2c(c1)nc(CN1CCC(c3cccc(OCc4cccc5nc(C)sc45)n3)CC1)n2C. The van der Waals surface area contributed by atoms with Crippen LogP contribution in [0.4, 0.5) is 5.69 Å². The maximum Gasteiger partial charge on any atom is 0.213 e. The molecule has 3 aromatic carbocycles. The van der Waals surface area contributed by atoms with E-state index < -0.39 is 0 Å². The Morgan fingerprint density at radius 2 is 1.74 bits per heavy atom. The quantitative estimate of drug-likeness (QED) is 0.151. The number of nitrogens with one attached hydrogen (secondary N) is 2. The van der Waals surface area contributed by atoms with Crippen molar-refractivity contribution in [2.45, 2.75) is 59.1 Å². The molecule has 0 radical (unpaired) electrons. The van der Waals surface area contributed by atoms with E-state index >= 15 is 0 Å². The number of hydrogen-bond donors (Lipinski definition) is 2. The molecule has 4 aromatic heterocycles. The summed E-state index contributed by atoms with van der Waals surface area (Å²) >= 11 is 1.72. The third-order valence-corrected chi connectivity index (χ3v) is 10.8. The second-order valence-corrected chi connectivity index (χ2v) is 14.8. The van der Waals surface area contributed by atoms with E-state index in [0.717, 1.165) is 101 Å². The summed E-state index contributed by atoms with van der Waals surface area (Å²) in [6.07, 6.45) is 4.13. The molecule has 0 spiro atoms. The Labute approximate surface area is 313 Å². The number of carbonyl (C=O) groups is 1. The zero-order valence-electron chi connectivity index (χ0n) is 30.8. The first-order chi connectivity index (χ1) is 25.8. The molecule has 53 heavy (non-hydrogen) atoms. The van der Waals surface area contributed by atoms with Crippen molar-refractivity contribution in [2.24, 2.45) is 7.05 Å². The highest BCUT2D eigenvalue weighted by atomic mass is 32.1. The Morgan fingerprint density at radius 1 is 0.943 bits per heavy atom. The van der Waals surface area contributed by atoms with Gasteiger partial charge in [-0.1, -0.05) is 24.3 Å². The van der Waals surface area contributed by atoms with Crippen molar-refractivity contribution in [3.63, 3.8) is 0 Å². The normalized spacial score (nSPS) is 14.6. The van der Waals surface area contributed by atoms with Crippen LogP contribution in [0.5, 0.6) is 5.88 Å². The van der Waals surface area contributed by atoms with Gasteiger partial charge in [0.25, 0.3) is 0 Å². The number of thiazole rings is 1. The highest BCUT2D eigenvalue weighted by Gasteiger charge is 2.23. The molecule has 12 heteroatoms. The highest BCUT2D eigenvalue weighted by molar-refractivity contribution is 7.18. The molecule has 7 aromatic rings. The molecule has 0 bridgehead atoms. The number of benzene rings is 3. The number of H-pyrrole nitrogens is 1. The van der Waals surface area contributed by atoms with Crippen LogP contribution < -0.4 is 10.1 Å². The van der Waals surface area contributed by atoms with E-state index in [-0.39, 0.29) is 0 Å². The lowest BCUT2D eigenvalue weighted by atomic mass is 9.93. The smallest absolute Gasteiger partial charge is 0.213 e. The van der Waals surface area contributed by atoms with E-state index in [1.807, 2.05) is 44.2 Å². The van der Waals surface area contributed by atoms with Gasteiger partial charge in [-0.2, -0.15) is 5.10 Å². The largest absolute Gasteiger partial charge is 0.473 e. The summed E-state index contributed by atoms with van der Waals surface area (Å²) in [5.41, 5.74) is 9.58. The molecular weight excluding hydrogens is 685 g/mol. The van der Waals surface area contributed by atoms with Crippen LogP contribution in [0, 0.1) is 20.8 Å². The molecule has 9 rings (SSSR count). The molecule has 0 atom stereocenters. The Hall–Kier alpha value is -5.17. The van der Waals surface area contributed by atoms with Gasteiger partial charge in [0.15, 0.2) is 0 Å². The van der Waals surface area contributed by atoms with Gasteiger partial charge in [-0.15, -0.1) is 11.3 Å². The molecule has 0 aliphatic carbocycles. The van der Waals surface area contributed by atoms with Crippen molar-refractivity contribution >= 4 is 55.6 Å². The monoisotopic (exact) mass is 730 g/mol. The van der Waals surface area contributed by atoms with Crippen LogP contribution in [0.1, 0.15) is 58.5 Å². The van der Waals surface area contributed by atoms with Crippen molar-refractivity contribution in [3.05, 3.63) is 106 Å². The van der Waals surface area contributed by atoms with Crippen LogP contribution in [0.25, 0.3) is 32.2 Å². The molecule has 2 saturated heterocycles. The van der Waals surface area contributed by atoms with Gasteiger partial charge >= 0.3 is 0 Å². The van der Waals surface area contributed by atoms with Gasteiger partial charge in [-0.3, -0.25) is 14.8 Å². The minimum absolute atomic E-state index is 0.459. The van der Waals surface area contributed by atoms with E-state index in [1.165, 1.54) is 22.2 Å². The van der Waals surface area contributed by atoms with Crippen molar-refractivity contribution in [1.29, 1.82) is 0 Å². The van der Waals surface area contributed by atoms with Crippen LogP contribution >= 0.6 is 11.3 Å². The molecular formula is C41H46N8O3S. The third kappa shape index (κ3) is 8.73. The number of ether oxygens (including phenoxy) is 2. The highest BCUT2D eigenvalue weighted by Crippen LogP contribution is 2.30. The summed E-state index contributed by atoms with van der Waals surface area (Å²) in [5.74, 6) is 2.29. The van der Waals surface area contributed by atoms with E-state index in [9.17, 15) is 4.79 Å². The Morgan fingerprint density at radius 3 is 2.51 bits per heavy atom. The fraction of sp³-hybridized carbons (Fsp3) is 0.341. The zero-order valence-corrected chi connectivity index (χ0v) is 31.6. The number of rotatable bonds is 8. The van der Waals surface area contributed by atoms with Crippen LogP contribution in [0.15, 0.2) is 72.8 Å². The fourth-order valence-corrected chi connectivity index (χ4v) is 7.57. The summed E-state index contributed by atoms with van der Waals surface area (Å²) in [4.78, 5) is 27.1. The number of fused-ring (bicyclic) bond motifs is 3. The second kappa shape index (κ2) is 16.7. The molecule has 0 unspecified atom stereocenters.